The molecule has 1 spiro atoms. The van der Waals surface area contributed by atoms with E-state index in [2.05, 4.69) is 16.0 Å². The fourth-order valence-corrected chi connectivity index (χ4v) is 17.7. The van der Waals surface area contributed by atoms with Gasteiger partial charge >= 0.3 is 12.4 Å². The molecular formula is C75H116F8N12O13. The lowest BCUT2D eigenvalue weighted by atomic mass is 9.58. The maximum absolute atomic E-state index is 15.7. The monoisotopic (exact) mass is 1540 g/mol. The zero-order chi connectivity index (χ0) is 80.6. The van der Waals surface area contributed by atoms with Crippen molar-refractivity contribution < 1.29 is 97.4 Å². The van der Waals surface area contributed by atoms with Gasteiger partial charge in [0, 0.05) is 82.5 Å². The molecule has 4 aliphatic carbocycles. The van der Waals surface area contributed by atoms with Gasteiger partial charge < -0.3 is 64.8 Å². The Bertz CT molecular complexity index is 3260. The minimum Gasteiger partial charge on any atom is -0.377 e. The van der Waals surface area contributed by atoms with Crippen molar-refractivity contribution in [3.8, 4) is 0 Å². The third-order valence-electron chi connectivity index (χ3n) is 24.0. The molecule has 2 unspecified atom stereocenters. The van der Waals surface area contributed by atoms with Crippen molar-refractivity contribution in [2.45, 2.75) is 261 Å². The van der Waals surface area contributed by atoms with E-state index in [1.54, 1.807) is 39.8 Å². The number of rotatable bonds is 12. The van der Waals surface area contributed by atoms with E-state index in [1.807, 2.05) is 13.8 Å². The largest absolute Gasteiger partial charge is 0.397 e. The van der Waals surface area contributed by atoms with Crippen LogP contribution in [0.3, 0.4) is 0 Å². The van der Waals surface area contributed by atoms with Crippen molar-refractivity contribution in [3.63, 3.8) is 0 Å². The van der Waals surface area contributed by atoms with Crippen LogP contribution in [0.1, 0.15) is 176 Å². The van der Waals surface area contributed by atoms with Crippen LogP contribution < -0.4 is 16.0 Å². The van der Waals surface area contributed by atoms with Gasteiger partial charge in [-0.3, -0.25) is 57.5 Å². The Morgan fingerprint density at radius 2 is 1.26 bits per heavy atom. The van der Waals surface area contributed by atoms with Crippen LogP contribution in [0.25, 0.3) is 0 Å². The highest BCUT2D eigenvalue weighted by atomic mass is 19.4. The molecule has 108 heavy (non-hydrogen) atoms. The molecule has 12 atom stereocenters. The highest BCUT2D eigenvalue weighted by molar-refractivity contribution is 6.01. The van der Waals surface area contributed by atoms with E-state index >= 15 is 37.5 Å². The summed E-state index contributed by atoms with van der Waals surface area (Å²) in [7, 11) is 10.8. The summed E-state index contributed by atoms with van der Waals surface area (Å²) in [5.41, 5.74) is -2.37. The summed E-state index contributed by atoms with van der Waals surface area (Å²) in [6, 6.07) is -11.4. The third-order valence-corrected chi connectivity index (χ3v) is 24.0. The SMILES string of the molecule is CCO[C@@H]1C[C@H]2C(=O)NC3(CC(C)(C)C3)C(=O)N(C)[C@@H](C3CCCC3)C(=O)N(C)[C@H](C(=O)N(C)C)CC(=O)N(C)[C@@H](CC)C(=O)N[C@@H]([C@@H](C)CC)C(=O)N(C)CC(=O)N(C)[C@H]3C/C=C\CCN(C3=O)[C@@H](CC3CCC(C(F)(F)F)CC3)C(=O)N(C)CC(=O)N[C@@H](CCC3CC(F)C(C(F)(F)F)C(F)C3)C(=O)N2C1. The Hall–Kier alpha value is -7.22. The van der Waals surface area contributed by atoms with Crippen molar-refractivity contribution in [1.29, 1.82) is 0 Å². The number of carbonyl (C=O) groups is 12. The van der Waals surface area contributed by atoms with Gasteiger partial charge in [0.15, 0.2) is 0 Å². The van der Waals surface area contributed by atoms with E-state index in [0.29, 0.717) is 32.1 Å². The second kappa shape index (κ2) is 36.7. The van der Waals surface area contributed by atoms with Gasteiger partial charge in [-0.2, -0.15) is 26.3 Å². The molecule has 3 N–H and O–H groups in total. The molecule has 0 aromatic carbocycles. The van der Waals surface area contributed by atoms with Gasteiger partial charge in [-0.05, 0) is 139 Å². The van der Waals surface area contributed by atoms with Gasteiger partial charge in [0.1, 0.15) is 72.1 Å². The van der Waals surface area contributed by atoms with Crippen molar-refractivity contribution >= 4 is 70.9 Å². The molecule has 25 nitrogen and oxygen atoms in total. The number of likely N-dealkylation sites (N-methyl/N-ethyl adjacent to an activating group) is 7. The predicted molar refractivity (Wildman–Crippen MR) is 381 cm³/mol. The van der Waals surface area contributed by atoms with Gasteiger partial charge in [0.05, 0.1) is 31.5 Å². The number of alkyl halides is 8. The lowest BCUT2D eigenvalue weighted by Crippen LogP contribution is -2.71. The molecule has 3 heterocycles. The average Bonchev–Trinajstić information content (AvgIpc) is 0.874. The summed E-state index contributed by atoms with van der Waals surface area (Å²) in [5, 5.41) is 8.41. The third kappa shape index (κ3) is 20.9. The molecule has 6 fully saturated rings. The van der Waals surface area contributed by atoms with E-state index in [4.69, 9.17) is 4.74 Å². The summed E-state index contributed by atoms with van der Waals surface area (Å²) in [6.45, 7) is 8.54. The highest BCUT2D eigenvalue weighted by Gasteiger charge is 2.60. The van der Waals surface area contributed by atoms with E-state index in [9.17, 15) is 55.1 Å². The number of hydrogen-bond acceptors (Lipinski definition) is 13. The number of nitrogens with one attached hydrogen (secondary N) is 3. The number of nitrogens with zero attached hydrogens (tertiary/aromatic N) is 9. The van der Waals surface area contributed by atoms with Crippen LogP contribution in [0.5, 0.6) is 0 Å². The van der Waals surface area contributed by atoms with Crippen LogP contribution in [0.2, 0.25) is 0 Å². The van der Waals surface area contributed by atoms with Crippen LogP contribution in [-0.4, -0.2) is 289 Å². The molecule has 3 aliphatic heterocycles. The Morgan fingerprint density at radius 3 is 1.81 bits per heavy atom. The molecule has 33 heteroatoms. The van der Waals surface area contributed by atoms with Crippen LogP contribution in [0, 0.1) is 40.9 Å². The topological polar surface area (TPSA) is 279 Å². The van der Waals surface area contributed by atoms with Crippen molar-refractivity contribution in [2.75, 3.05) is 89.2 Å². The Labute approximate surface area is 629 Å². The molecular weight excluding hydrogens is 1430 g/mol. The van der Waals surface area contributed by atoms with E-state index < -0.39 is 235 Å². The van der Waals surface area contributed by atoms with Crippen molar-refractivity contribution in [1.82, 2.24) is 60.0 Å². The lowest BCUT2D eigenvalue weighted by Gasteiger charge is -2.54. The summed E-state index contributed by atoms with van der Waals surface area (Å²) < 4.78 is 121. The Balaban J connectivity index is 1.33. The number of amides is 12. The van der Waals surface area contributed by atoms with Crippen LogP contribution in [0.15, 0.2) is 12.2 Å². The zero-order valence-electron chi connectivity index (χ0n) is 65.2. The quantitative estimate of drug-likeness (QED) is 0.142. The van der Waals surface area contributed by atoms with Gasteiger partial charge in [-0.1, -0.05) is 66.0 Å². The van der Waals surface area contributed by atoms with E-state index in [0.717, 1.165) is 29.4 Å². The first kappa shape index (κ1) is 88.0. The molecule has 0 aromatic heterocycles. The first-order valence-electron chi connectivity index (χ1n) is 38.4. The second-order valence-electron chi connectivity index (χ2n) is 32.6. The Kier molecular flexibility index (Phi) is 29.9. The maximum atomic E-state index is 15.7. The zero-order valence-corrected chi connectivity index (χ0v) is 65.2. The molecule has 12 amide bonds. The van der Waals surface area contributed by atoms with Gasteiger partial charge in [0.2, 0.25) is 70.9 Å². The van der Waals surface area contributed by atoms with Gasteiger partial charge in [-0.15, -0.1) is 0 Å². The standard InChI is InChI=1S/C75H116F8N12O13/c1-15-43(4)61-69(105)89(10)40-59(98)91(12)53-25-19-18-22-32-94(68(53)104)56(35-44-26-29-47(30-27-44)74(78,79)80)67(103)88(9)39-57(96)84-51(31-28-45-33-49(76)60(50(77)34-45)75(81,82)83)65(101)95-38-48(108-17-3)36-54(95)64(100)86-73(41-72(5,6)42-73)71(107)93(14)62(46-23-20-21-24-46)70(106)92(13)55(66(102)87(7)8)37-58(97)90(11)52(16-2)63(99)85-61/h18-19,43-56,60-62H,15-17,20-42H2,1-14H3,(H,84,96)(H,85,99)(H,86,100)/b19-18-/t43-,44?,45?,47?,48+,49?,50?,51-,52-,53-,54-,55-,56-,60?,61-,62-/m0/s1. The molecule has 0 aromatic rings. The minimum atomic E-state index is -5.22. The summed E-state index contributed by atoms with van der Waals surface area (Å²) in [6.07, 6.45) is -13.9. The number of fused-ring (bicyclic) bond motifs is 3. The van der Waals surface area contributed by atoms with E-state index in [-0.39, 0.29) is 96.7 Å². The number of carbonyl (C=O) groups excluding carboxylic acids is 12. The lowest BCUT2D eigenvalue weighted by molar-refractivity contribution is -0.219. The molecule has 0 radical (unpaired) electrons. The normalized spacial score (nSPS) is 32.4. The molecule has 7 aliphatic rings. The fourth-order valence-electron chi connectivity index (χ4n) is 17.7. The predicted octanol–water partition coefficient (Wildman–Crippen LogP) is 6.35. The van der Waals surface area contributed by atoms with Gasteiger partial charge in [0.25, 0.3) is 0 Å². The van der Waals surface area contributed by atoms with E-state index in [1.165, 1.54) is 71.1 Å². The van der Waals surface area contributed by atoms with Gasteiger partial charge in [-0.25, -0.2) is 8.78 Å². The Morgan fingerprint density at radius 1 is 0.648 bits per heavy atom. The molecule has 2 saturated heterocycles. The molecule has 610 valence electrons. The second-order valence-corrected chi connectivity index (χ2v) is 32.6. The highest BCUT2D eigenvalue weighted by Crippen LogP contribution is 2.50. The van der Waals surface area contributed by atoms with Crippen molar-refractivity contribution in [2.24, 2.45) is 40.9 Å². The first-order chi connectivity index (χ1) is 50.4. The summed E-state index contributed by atoms with van der Waals surface area (Å²) in [4.78, 5) is 191. The number of ether oxygens (including phenoxy) is 1. The maximum Gasteiger partial charge on any atom is 0.397 e. The summed E-state index contributed by atoms with van der Waals surface area (Å²) in [5.74, 6) is -16.9. The van der Waals surface area contributed by atoms with Crippen LogP contribution in [-0.2, 0) is 62.3 Å². The number of halogens is 8. The smallest absolute Gasteiger partial charge is 0.377 e. The van der Waals surface area contributed by atoms with Crippen molar-refractivity contribution in [3.05, 3.63) is 12.2 Å². The molecule has 2 bridgehead atoms. The molecule has 4 saturated carbocycles. The fraction of sp³-hybridized carbons (Fsp3) is 0.813. The molecule has 7 rings (SSSR count). The first-order valence-corrected chi connectivity index (χ1v) is 38.4. The average molecular weight is 1550 g/mol. The van der Waals surface area contributed by atoms with Crippen LogP contribution >= 0.6 is 0 Å². The number of hydrogen-bond donors (Lipinski definition) is 3. The summed E-state index contributed by atoms with van der Waals surface area (Å²) >= 11 is 0. The minimum absolute atomic E-state index is 0.00580. The van der Waals surface area contributed by atoms with Crippen LogP contribution in [0.4, 0.5) is 35.1 Å².